The molecule has 1 heterocycles. The van der Waals surface area contributed by atoms with Crippen LogP contribution < -0.4 is 0 Å². The van der Waals surface area contributed by atoms with Crippen molar-refractivity contribution in [3.63, 3.8) is 0 Å². The molecule has 0 N–H and O–H groups in total. The molecule has 2 fully saturated rings. The van der Waals surface area contributed by atoms with E-state index in [2.05, 4.69) is 45.4 Å². The van der Waals surface area contributed by atoms with Gasteiger partial charge in [-0.25, -0.2) is 0 Å². The van der Waals surface area contributed by atoms with Crippen LogP contribution in [0, 0.1) is 11.8 Å². The van der Waals surface area contributed by atoms with Crippen LogP contribution in [0.15, 0.2) is 0 Å². The number of piperidine rings is 1. The largest absolute Gasteiger partial charge is 0.414 e. The van der Waals surface area contributed by atoms with Gasteiger partial charge in [0.1, 0.15) is 0 Å². The molecule has 18 heavy (non-hydrogen) atoms. The molecule has 0 aromatic heterocycles. The van der Waals surface area contributed by atoms with Gasteiger partial charge in [-0.15, -0.1) is 0 Å². The van der Waals surface area contributed by atoms with Crippen LogP contribution in [0.1, 0.15) is 39.5 Å². The van der Waals surface area contributed by atoms with Gasteiger partial charge < -0.3 is 9.33 Å². The van der Waals surface area contributed by atoms with Crippen molar-refractivity contribution >= 4 is 8.32 Å². The number of rotatable bonds is 2. The molecule has 0 bridgehead atoms. The van der Waals surface area contributed by atoms with Crippen molar-refractivity contribution in [3.8, 4) is 0 Å². The highest BCUT2D eigenvalue weighted by molar-refractivity contribution is 6.69. The van der Waals surface area contributed by atoms with Gasteiger partial charge in [0, 0.05) is 12.1 Å². The minimum absolute atomic E-state index is 0.528. The Morgan fingerprint density at radius 2 is 1.72 bits per heavy atom. The summed E-state index contributed by atoms with van der Waals surface area (Å²) in [7, 11) is 0.916. The van der Waals surface area contributed by atoms with Gasteiger partial charge in [0.05, 0.1) is 6.10 Å². The topological polar surface area (TPSA) is 12.5 Å². The van der Waals surface area contributed by atoms with E-state index in [-0.39, 0.29) is 0 Å². The van der Waals surface area contributed by atoms with Crippen molar-refractivity contribution in [2.45, 2.75) is 77.4 Å². The molecule has 2 nitrogen and oxygen atoms in total. The number of hydrogen-bond donors (Lipinski definition) is 0. The highest BCUT2D eigenvalue weighted by Gasteiger charge is 2.43. The quantitative estimate of drug-likeness (QED) is 0.708. The van der Waals surface area contributed by atoms with E-state index in [1.165, 1.54) is 25.7 Å². The van der Waals surface area contributed by atoms with Gasteiger partial charge in [-0.3, -0.25) is 0 Å². The highest BCUT2D eigenvalue weighted by Crippen LogP contribution is 2.41. The van der Waals surface area contributed by atoms with Gasteiger partial charge in [-0.05, 0) is 64.7 Å². The minimum atomic E-state index is -1.41. The summed E-state index contributed by atoms with van der Waals surface area (Å²) >= 11 is 0. The lowest BCUT2D eigenvalue weighted by molar-refractivity contribution is -0.0505. The van der Waals surface area contributed by atoms with E-state index in [0.717, 1.165) is 17.9 Å². The first-order valence-electron chi connectivity index (χ1n) is 7.67. The molecule has 3 heteroatoms. The monoisotopic (exact) mass is 269 g/mol. The number of fused-ring (bicyclic) bond motifs is 1. The Kier molecular flexibility index (Phi) is 4.25. The summed E-state index contributed by atoms with van der Waals surface area (Å²) < 4.78 is 6.51. The number of nitrogens with zero attached hydrogens (tertiary/aromatic N) is 1. The first kappa shape index (κ1) is 14.5. The van der Waals surface area contributed by atoms with Crippen molar-refractivity contribution in [2.24, 2.45) is 11.8 Å². The zero-order valence-corrected chi connectivity index (χ0v) is 14.1. The molecule has 2 aliphatic rings. The summed E-state index contributed by atoms with van der Waals surface area (Å²) in [5.41, 5.74) is 0. The van der Waals surface area contributed by atoms with Crippen LogP contribution in [-0.2, 0) is 4.43 Å². The fourth-order valence-corrected chi connectivity index (χ4v) is 5.05. The molecule has 0 aromatic rings. The Morgan fingerprint density at radius 3 is 2.33 bits per heavy atom. The van der Waals surface area contributed by atoms with E-state index in [1.54, 1.807) is 0 Å². The Balaban J connectivity index is 2.12. The van der Waals surface area contributed by atoms with Crippen LogP contribution in [0.4, 0.5) is 0 Å². The first-order chi connectivity index (χ1) is 8.28. The summed E-state index contributed by atoms with van der Waals surface area (Å²) in [4.78, 5) is 2.63. The van der Waals surface area contributed by atoms with Crippen LogP contribution in [0.3, 0.4) is 0 Å². The summed E-state index contributed by atoms with van der Waals surface area (Å²) in [6, 6.07) is 1.44. The van der Waals surface area contributed by atoms with Gasteiger partial charge in [0.15, 0.2) is 8.32 Å². The first-order valence-corrected chi connectivity index (χ1v) is 11.1. The third kappa shape index (κ3) is 3.17. The predicted molar refractivity (Wildman–Crippen MR) is 80.4 cm³/mol. The van der Waals surface area contributed by atoms with Crippen molar-refractivity contribution in [3.05, 3.63) is 0 Å². The van der Waals surface area contributed by atoms with E-state index in [0.29, 0.717) is 12.1 Å². The molecule has 0 radical (unpaired) electrons. The molecule has 5 atom stereocenters. The fraction of sp³-hybridized carbons (Fsp3) is 1.00. The van der Waals surface area contributed by atoms with Gasteiger partial charge in [-0.2, -0.15) is 0 Å². The highest BCUT2D eigenvalue weighted by atomic mass is 28.4. The molecule has 106 valence electrons. The second kappa shape index (κ2) is 5.26. The zero-order valence-electron chi connectivity index (χ0n) is 13.1. The van der Waals surface area contributed by atoms with Crippen LogP contribution in [0.2, 0.25) is 19.6 Å². The summed E-state index contributed by atoms with van der Waals surface area (Å²) in [6.45, 7) is 11.8. The number of hydrogen-bond acceptors (Lipinski definition) is 2. The van der Waals surface area contributed by atoms with E-state index < -0.39 is 8.32 Å². The molecule has 1 saturated heterocycles. The van der Waals surface area contributed by atoms with E-state index in [4.69, 9.17) is 4.43 Å². The maximum Gasteiger partial charge on any atom is 0.184 e. The zero-order chi connectivity index (χ0) is 13.5. The second-order valence-corrected chi connectivity index (χ2v) is 12.1. The Labute approximate surface area is 114 Å². The summed E-state index contributed by atoms with van der Waals surface area (Å²) in [5, 5.41) is 0. The average molecular weight is 270 g/mol. The molecular formula is C15H31NOSi. The lowest BCUT2D eigenvalue weighted by atomic mass is 9.72. The van der Waals surface area contributed by atoms with E-state index in [1.807, 2.05) is 0 Å². The van der Waals surface area contributed by atoms with Crippen molar-refractivity contribution in [1.82, 2.24) is 4.90 Å². The Morgan fingerprint density at radius 1 is 1.06 bits per heavy atom. The molecule has 0 amide bonds. The smallest absolute Gasteiger partial charge is 0.184 e. The maximum atomic E-state index is 6.51. The Hall–Kier alpha value is 0.137. The van der Waals surface area contributed by atoms with Crippen molar-refractivity contribution < 1.29 is 4.43 Å². The molecule has 5 unspecified atom stereocenters. The molecule has 0 aromatic carbocycles. The van der Waals surface area contributed by atoms with Gasteiger partial charge in [-0.1, -0.05) is 13.3 Å². The van der Waals surface area contributed by atoms with Crippen molar-refractivity contribution in [2.75, 3.05) is 7.05 Å². The molecule has 1 aliphatic carbocycles. The SMILES string of the molecule is CC1CCC2C(O[Si](C)(C)C)CC(C)N(C)C2C1. The maximum absolute atomic E-state index is 6.51. The van der Waals surface area contributed by atoms with E-state index in [9.17, 15) is 0 Å². The molecule has 1 aliphatic heterocycles. The number of likely N-dealkylation sites (tertiary alicyclic amines) is 1. The van der Waals surface area contributed by atoms with E-state index >= 15 is 0 Å². The summed E-state index contributed by atoms with van der Waals surface area (Å²) in [6.07, 6.45) is 5.90. The lowest BCUT2D eigenvalue weighted by Crippen LogP contribution is -2.57. The van der Waals surface area contributed by atoms with Crippen LogP contribution in [0.5, 0.6) is 0 Å². The third-order valence-electron chi connectivity index (χ3n) is 4.91. The van der Waals surface area contributed by atoms with Crippen LogP contribution in [0.25, 0.3) is 0 Å². The molecule has 0 spiro atoms. The average Bonchev–Trinajstić information content (AvgIpc) is 2.23. The van der Waals surface area contributed by atoms with Crippen LogP contribution >= 0.6 is 0 Å². The van der Waals surface area contributed by atoms with Gasteiger partial charge in [0.2, 0.25) is 0 Å². The summed E-state index contributed by atoms with van der Waals surface area (Å²) in [5.74, 6) is 1.68. The minimum Gasteiger partial charge on any atom is -0.414 e. The fourth-order valence-electron chi connectivity index (χ4n) is 3.87. The predicted octanol–water partition coefficient (Wildman–Crippen LogP) is 3.74. The Bertz CT molecular complexity index is 289. The standard InChI is InChI=1S/C15H31NOSi/c1-11-7-8-13-14(9-11)16(3)12(2)10-15(13)17-18(4,5)6/h11-15H,7-10H2,1-6H3. The normalized spacial score (nSPS) is 42.7. The van der Waals surface area contributed by atoms with Crippen LogP contribution in [-0.4, -0.2) is 38.5 Å². The van der Waals surface area contributed by atoms with Gasteiger partial charge >= 0.3 is 0 Å². The lowest BCUT2D eigenvalue weighted by Gasteiger charge is -2.52. The van der Waals surface area contributed by atoms with Crippen molar-refractivity contribution in [1.29, 1.82) is 0 Å². The second-order valence-electron chi connectivity index (χ2n) is 7.67. The molecule has 2 rings (SSSR count). The third-order valence-corrected chi connectivity index (χ3v) is 5.92. The van der Waals surface area contributed by atoms with Gasteiger partial charge in [0.25, 0.3) is 0 Å². The molecular weight excluding hydrogens is 238 g/mol. The molecule has 1 saturated carbocycles.